The lowest BCUT2D eigenvalue weighted by Gasteiger charge is -2.36. The highest BCUT2D eigenvalue weighted by Crippen LogP contribution is 2.22. The van der Waals surface area contributed by atoms with E-state index in [1.807, 2.05) is 75.1 Å². The van der Waals surface area contributed by atoms with Crippen molar-refractivity contribution in [1.82, 2.24) is 9.80 Å². The molecule has 0 spiro atoms. The van der Waals surface area contributed by atoms with Crippen LogP contribution in [0.5, 0.6) is 0 Å². The van der Waals surface area contributed by atoms with E-state index in [4.69, 9.17) is 4.74 Å². The SMILES string of the molecule is Cc1cccc(C)c1NC(=O)N1CCN(c2ccc(NC(=O)CN3CC(C)OC(C)C3)cc2)CC1. The molecule has 0 bridgehead atoms. The summed E-state index contributed by atoms with van der Waals surface area (Å²) in [5, 5.41) is 6.08. The van der Waals surface area contributed by atoms with Crippen LogP contribution in [0.1, 0.15) is 25.0 Å². The van der Waals surface area contributed by atoms with E-state index in [0.29, 0.717) is 19.6 Å². The van der Waals surface area contributed by atoms with E-state index in [2.05, 4.69) is 20.4 Å². The maximum Gasteiger partial charge on any atom is 0.321 e. The third-order valence-corrected chi connectivity index (χ3v) is 6.66. The van der Waals surface area contributed by atoms with Gasteiger partial charge in [0.25, 0.3) is 0 Å². The second-order valence-corrected chi connectivity index (χ2v) is 9.72. The summed E-state index contributed by atoms with van der Waals surface area (Å²) in [4.78, 5) is 31.6. The molecule has 2 fully saturated rings. The van der Waals surface area contributed by atoms with Crippen LogP contribution < -0.4 is 15.5 Å². The quantitative estimate of drug-likeness (QED) is 0.684. The fourth-order valence-electron chi connectivity index (χ4n) is 4.94. The van der Waals surface area contributed by atoms with Crippen molar-refractivity contribution in [2.24, 2.45) is 0 Å². The van der Waals surface area contributed by atoms with Crippen molar-refractivity contribution in [3.63, 3.8) is 0 Å². The Morgan fingerprint density at radius 2 is 1.49 bits per heavy atom. The molecule has 188 valence electrons. The highest BCUT2D eigenvalue weighted by molar-refractivity contribution is 5.92. The van der Waals surface area contributed by atoms with Crippen molar-refractivity contribution in [3.05, 3.63) is 53.6 Å². The van der Waals surface area contributed by atoms with Crippen LogP contribution in [0.25, 0.3) is 0 Å². The zero-order chi connectivity index (χ0) is 24.9. The van der Waals surface area contributed by atoms with Gasteiger partial charge in [-0.25, -0.2) is 4.79 Å². The molecule has 2 aliphatic rings. The number of amides is 3. The fourth-order valence-corrected chi connectivity index (χ4v) is 4.94. The molecule has 0 aromatic heterocycles. The largest absolute Gasteiger partial charge is 0.373 e. The predicted molar refractivity (Wildman–Crippen MR) is 140 cm³/mol. The van der Waals surface area contributed by atoms with Crippen LogP contribution in [0, 0.1) is 13.8 Å². The lowest BCUT2D eigenvalue weighted by Crippen LogP contribution is -2.50. The fraction of sp³-hybridized carbons (Fsp3) is 0.481. The van der Waals surface area contributed by atoms with E-state index < -0.39 is 0 Å². The lowest BCUT2D eigenvalue weighted by molar-refractivity contribution is -0.121. The second-order valence-electron chi connectivity index (χ2n) is 9.72. The van der Waals surface area contributed by atoms with Crippen molar-refractivity contribution >= 4 is 29.0 Å². The molecular formula is C27H37N5O3. The standard InChI is InChI=1S/C27H37N5O3/c1-19-6-5-7-20(2)26(19)29-27(34)32-14-12-31(13-15-32)24-10-8-23(9-11-24)28-25(33)18-30-16-21(3)35-22(4)17-30/h5-11,21-22H,12-18H2,1-4H3,(H,28,33)(H,29,34). The minimum absolute atomic E-state index is 0.0115. The summed E-state index contributed by atoms with van der Waals surface area (Å²) in [5.41, 5.74) is 4.92. The van der Waals surface area contributed by atoms with Crippen LogP contribution in [0.3, 0.4) is 0 Å². The Bertz CT molecular complexity index is 1000. The van der Waals surface area contributed by atoms with Crippen LogP contribution in [-0.4, -0.2) is 79.8 Å². The average Bonchev–Trinajstić information content (AvgIpc) is 2.81. The van der Waals surface area contributed by atoms with E-state index in [1.54, 1.807) is 0 Å². The molecule has 2 N–H and O–H groups in total. The Kier molecular flexibility index (Phi) is 7.93. The first kappa shape index (κ1) is 25.0. The predicted octanol–water partition coefficient (Wildman–Crippen LogP) is 3.71. The van der Waals surface area contributed by atoms with Gasteiger partial charge in [0.2, 0.25) is 5.91 Å². The number of nitrogens with one attached hydrogen (secondary N) is 2. The number of rotatable bonds is 5. The van der Waals surface area contributed by atoms with Crippen molar-refractivity contribution in [1.29, 1.82) is 0 Å². The van der Waals surface area contributed by atoms with Gasteiger partial charge in [0.15, 0.2) is 0 Å². The number of carbonyl (C=O) groups is 2. The normalized spacial score (nSPS) is 21.0. The Morgan fingerprint density at radius 1 is 0.886 bits per heavy atom. The molecule has 2 aliphatic heterocycles. The molecule has 0 aliphatic carbocycles. The maximum absolute atomic E-state index is 12.8. The number of ether oxygens (including phenoxy) is 1. The van der Waals surface area contributed by atoms with Crippen molar-refractivity contribution in [2.75, 3.05) is 61.3 Å². The third-order valence-electron chi connectivity index (χ3n) is 6.66. The summed E-state index contributed by atoms with van der Waals surface area (Å²) in [7, 11) is 0. The van der Waals surface area contributed by atoms with E-state index in [0.717, 1.165) is 54.4 Å². The number of aryl methyl sites for hydroxylation is 2. The third kappa shape index (κ3) is 6.52. The molecule has 2 unspecified atom stereocenters. The second kappa shape index (κ2) is 11.1. The van der Waals surface area contributed by atoms with Gasteiger partial charge in [-0.3, -0.25) is 9.69 Å². The van der Waals surface area contributed by atoms with E-state index in [9.17, 15) is 9.59 Å². The van der Waals surface area contributed by atoms with Gasteiger partial charge >= 0.3 is 6.03 Å². The molecule has 8 nitrogen and oxygen atoms in total. The van der Waals surface area contributed by atoms with Crippen LogP contribution in [0.2, 0.25) is 0 Å². The van der Waals surface area contributed by atoms with Crippen molar-refractivity contribution in [2.45, 2.75) is 39.9 Å². The molecule has 35 heavy (non-hydrogen) atoms. The summed E-state index contributed by atoms with van der Waals surface area (Å²) in [6.07, 6.45) is 0.285. The van der Waals surface area contributed by atoms with Crippen LogP contribution in [0.15, 0.2) is 42.5 Å². The molecule has 8 heteroatoms. The zero-order valence-corrected chi connectivity index (χ0v) is 21.2. The molecule has 4 rings (SSSR count). The summed E-state index contributed by atoms with van der Waals surface area (Å²) in [6, 6.07) is 13.9. The van der Waals surface area contributed by atoms with Gasteiger partial charge in [0, 0.05) is 56.3 Å². The first-order valence-corrected chi connectivity index (χ1v) is 12.4. The number of nitrogens with zero attached hydrogens (tertiary/aromatic N) is 3. The van der Waals surface area contributed by atoms with Gasteiger partial charge in [0.05, 0.1) is 18.8 Å². The molecule has 2 heterocycles. The molecule has 2 saturated heterocycles. The van der Waals surface area contributed by atoms with Crippen molar-refractivity contribution < 1.29 is 14.3 Å². The maximum atomic E-state index is 12.8. The van der Waals surface area contributed by atoms with Crippen LogP contribution in [-0.2, 0) is 9.53 Å². The minimum atomic E-state index is -0.0517. The first-order chi connectivity index (χ1) is 16.8. The number of morpholine rings is 1. The highest BCUT2D eigenvalue weighted by Gasteiger charge is 2.24. The highest BCUT2D eigenvalue weighted by atomic mass is 16.5. The number of anilines is 3. The van der Waals surface area contributed by atoms with Gasteiger partial charge in [-0.2, -0.15) is 0 Å². The van der Waals surface area contributed by atoms with Crippen molar-refractivity contribution in [3.8, 4) is 0 Å². The number of hydrogen-bond donors (Lipinski definition) is 2. The number of carbonyl (C=O) groups excluding carboxylic acids is 2. The van der Waals surface area contributed by atoms with Gasteiger partial charge in [0.1, 0.15) is 0 Å². The molecule has 3 amide bonds. The summed E-state index contributed by atoms with van der Waals surface area (Å²) in [5.74, 6) is -0.0115. The van der Waals surface area contributed by atoms with E-state index >= 15 is 0 Å². The van der Waals surface area contributed by atoms with E-state index in [1.165, 1.54) is 0 Å². The number of para-hydroxylation sites is 1. The average molecular weight is 480 g/mol. The van der Waals surface area contributed by atoms with Crippen LogP contribution in [0.4, 0.5) is 21.9 Å². The van der Waals surface area contributed by atoms with Gasteiger partial charge in [-0.05, 0) is 63.1 Å². The minimum Gasteiger partial charge on any atom is -0.373 e. The van der Waals surface area contributed by atoms with Crippen LogP contribution >= 0.6 is 0 Å². The zero-order valence-electron chi connectivity index (χ0n) is 21.2. The molecule has 2 atom stereocenters. The smallest absolute Gasteiger partial charge is 0.321 e. The lowest BCUT2D eigenvalue weighted by atomic mass is 10.1. The van der Waals surface area contributed by atoms with E-state index in [-0.39, 0.29) is 24.1 Å². The summed E-state index contributed by atoms with van der Waals surface area (Å²) < 4.78 is 5.74. The topological polar surface area (TPSA) is 77.2 Å². The molecule has 0 radical (unpaired) electrons. The first-order valence-electron chi connectivity index (χ1n) is 12.4. The Labute approximate surface area is 208 Å². The van der Waals surface area contributed by atoms with Gasteiger partial charge in [-0.1, -0.05) is 18.2 Å². The molecule has 2 aromatic carbocycles. The van der Waals surface area contributed by atoms with Gasteiger partial charge < -0.3 is 25.2 Å². The Hall–Kier alpha value is -3.10. The molecule has 2 aromatic rings. The Balaban J connectivity index is 1.25. The molecule has 0 saturated carbocycles. The summed E-state index contributed by atoms with van der Waals surface area (Å²) >= 11 is 0. The Morgan fingerprint density at radius 3 is 2.09 bits per heavy atom. The molecular weight excluding hydrogens is 442 g/mol. The number of urea groups is 1. The summed E-state index contributed by atoms with van der Waals surface area (Å²) in [6.45, 7) is 12.8. The number of piperazine rings is 1. The monoisotopic (exact) mass is 479 g/mol. The number of benzene rings is 2. The van der Waals surface area contributed by atoms with Gasteiger partial charge in [-0.15, -0.1) is 0 Å². The number of hydrogen-bond acceptors (Lipinski definition) is 5.